The van der Waals surface area contributed by atoms with E-state index in [0.717, 1.165) is 26.6 Å². The first kappa shape index (κ1) is 20.3. The van der Waals surface area contributed by atoms with Crippen LogP contribution < -0.4 is 4.90 Å². The summed E-state index contributed by atoms with van der Waals surface area (Å²) in [6.45, 7) is 4.75. The molecule has 0 saturated heterocycles. The van der Waals surface area contributed by atoms with Crippen LogP contribution >= 0.6 is 11.3 Å². The Morgan fingerprint density at radius 3 is 2.59 bits per heavy atom. The summed E-state index contributed by atoms with van der Waals surface area (Å²) < 4.78 is 1.09. The second-order valence-corrected chi connectivity index (χ2v) is 9.13. The Morgan fingerprint density at radius 1 is 0.969 bits per heavy atom. The van der Waals surface area contributed by atoms with Gasteiger partial charge in [0, 0.05) is 18.0 Å². The molecule has 0 aliphatic heterocycles. The standard InChI is InChI=1S/C27H23N3OS/c1-18(2)21-12-6-14-24-25(21)29-27(32-24)30(17-19-8-7-15-28-16-19)26(31)23-13-5-10-20-9-3-4-11-22(20)23/h3-16,18H,17H2,1-2H3. The second-order valence-electron chi connectivity index (χ2n) is 8.12. The van der Waals surface area contributed by atoms with E-state index in [-0.39, 0.29) is 5.91 Å². The number of thiazole rings is 1. The average Bonchev–Trinajstić information content (AvgIpc) is 3.26. The van der Waals surface area contributed by atoms with Crippen molar-refractivity contribution in [1.82, 2.24) is 9.97 Å². The Morgan fingerprint density at radius 2 is 1.78 bits per heavy atom. The molecule has 0 saturated carbocycles. The lowest BCUT2D eigenvalue weighted by atomic mass is 10.0. The number of hydrogen-bond acceptors (Lipinski definition) is 4. The molecule has 0 aliphatic carbocycles. The Bertz CT molecular complexity index is 1400. The molecule has 0 atom stereocenters. The molecule has 0 N–H and O–H groups in total. The minimum Gasteiger partial charge on any atom is -0.279 e. The van der Waals surface area contributed by atoms with Crippen molar-refractivity contribution in [2.75, 3.05) is 4.90 Å². The van der Waals surface area contributed by atoms with Crippen molar-refractivity contribution in [3.8, 4) is 0 Å². The van der Waals surface area contributed by atoms with Gasteiger partial charge in [0.1, 0.15) is 0 Å². The van der Waals surface area contributed by atoms with Gasteiger partial charge in [-0.25, -0.2) is 4.98 Å². The van der Waals surface area contributed by atoms with Gasteiger partial charge in [0.25, 0.3) is 5.91 Å². The van der Waals surface area contributed by atoms with Crippen molar-refractivity contribution in [3.05, 3.63) is 102 Å². The van der Waals surface area contributed by atoms with Gasteiger partial charge < -0.3 is 0 Å². The fraction of sp³-hybridized carbons (Fsp3) is 0.148. The Kier molecular flexibility index (Phi) is 5.41. The third-order valence-corrected chi connectivity index (χ3v) is 6.66. The van der Waals surface area contributed by atoms with Crippen LogP contribution in [0.1, 0.15) is 41.3 Å². The smallest absolute Gasteiger partial charge is 0.261 e. The first-order chi connectivity index (χ1) is 15.6. The van der Waals surface area contributed by atoms with Crippen molar-refractivity contribution >= 4 is 43.4 Å². The number of pyridine rings is 1. The zero-order valence-electron chi connectivity index (χ0n) is 18.0. The molecule has 1 amide bonds. The third-order valence-electron chi connectivity index (χ3n) is 5.62. The average molecular weight is 438 g/mol. The van der Waals surface area contributed by atoms with Crippen LogP contribution in [0.15, 0.2) is 85.2 Å². The monoisotopic (exact) mass is 437 g/mol. The maximum Gasteiger partial charge on any atom is 0.261 e. The molecule has 0 aliphatic rings. The van der Waals surface area contributed by atoms with Gasteiger partial charge in [0.2, 0.25) is 0 Å². The fourth-order valence-corrected chi connectivity index (χ4v) is 5.00. The molecule has 0 bridgehead atoms. The summed E-state index contributed by atoms with van der Waals surface area (Å²) in [6.07, 6.45) is 3.54. The molecule has 0 unspecified atom stereocenters. The van der Waals surface area contributed by atoms with Gasteiger partial charge in [-0.2, -0.15) is 0 Å². The summed E-state index contributed by atoms with van der Waals surface area (Å²) in [5.41, 5.74) is 3.81. The molecular formula is C27H23N3OS. The van der Waals surface area contributed by atoms with Gasteiger partial charge in [-0.15, -0.1) is 0 Å². The molecule has 2 heterocycles. The van der Waals surface area contributed by atoms with Gasteiger partial charge in [0.05, 0.1) is 16.8 Å². The molecule has 5 heteroatoms. The highest BCUT2D eigenvalue weighted by Crippen LogP contribution is 2.35. The number of anilines is 1. The number of aromatic nitrogens is 2. The minimum absolute atomic E-state index is 0.0594. The fourth-order valence-electron chi connectivity index (χ4n) is 4.00. The minimum atomic E-state index is -0.0594. The number of fused-ring (bicyclic) bond motifs is 2. The molecule has 32 heavy (non-hydrogen) atoms. The first-order valence-electron chi connectivity index (χ1n) is 10.7. The van der Waals surface area contributed by atoms with Crippen molar-refractivity contribution in [2.24, 2.45) is 0 Å². The lowest BCUT2D eigenvalue weighted by molar-refractivity contribution is 0.0986. The number of carbonyl (C=O) groups excluding carboxylic acids is 1. The highest BCUT2D eigenvalue weighted by atomic mass is 32.1. The van der Waals surface area contributed by atoms with E-state index in [0.29, 0.717) is 23.2 Å². The highest BCUT2D eigenvalue weighted by molar-refractivity contribution is 7.22. The van der Waals surface area contributed by atoms with Crippen LogP contribution in [0.5, 0.6) is 0 Å². The van der Waals surface area contributed by atoms with Gasteiger partial charge in [-0.1, -0.05) is 79.8 Å². The van der Waals surface area contributed by atoms with Gasteiger partial charge in [-0.3, -0.25) is 14.7 Å². The Hall–Kier alpha value is -3.57. The van der Waals surface area contributed by atoms with Gasteiger partial charge in [-0.05, 0) is 46.0 Å². The van der Waals surface area contributed by atoms with Crippen molar-refractivity contribution < 1.29 is 4.79 Å². The largest absolute Gasteiger partial charge is 0.279 e. The van der Waals surface area contributed by atoms with E-state index >= 15 is 0 Å². The molecule has 0 radical (unpaired) electrons. The number of amides is 1. The summed E-state index contributed by atoms with van der Waals surface area (Å²) in [5, 5.41) is 2.70. The number of carbonyl (C=O) groups is 1. The van der Waals surface area contributed by atoms with Gasteiger partial charge >= 0.3 is 0 Å². The van der Waals surface area contributed by atoms with Crippen molar-refractivity contribution in [3.63, 3.8) is 0 Å². The van der Waals surface area contributed by atoms with E-state index in [9.17, 15) is 4.79 Å². The number of rotatable bonds is 5. The molecule has 158 valence electrons. The summed E-state index contributed by atoms with van der Waals surface area (Å²) in [6, 6.07) is 24.0. The van der Waals surface area contributed by atoms with Crippen LogP contribution in [0.3, 0.4) is 0 Å². The molecule has 0 fully saturated rings. The molecular weight excluding hydrogens is 414 g/mol. The predicted molar refractivity (Wildman–Crippen MR) is 132 cm³/mol. The Balaban J connectivity index is 1.65. The lowest BCUT2D eigenvalue weighted by Crippen LogP contribution is -2.30. The van der Waals surface area contributed by atoms with Crippen molar-refractivity contribution in [2.45, 2.75) is 26.3 Å². The predicted octanol–water partition coefficient (Wildman–Crippen LogP) is 6.81. The van der Waals surface area contributed by atoms with Crippen LogP contribution in [-0.2, 0) is 6.54 Å². The SMILES string of the molecule is CC(C)c1cccc2sc(N(Cc3cccnc3)C(=O)c3cccc4ccccc34)nc12. The van der Waals surface area contributed by atoms with E-state index in [4.69, 9.17) is 4.98 Å². The highest BCUT2D eigenvalue weighted by Gasteiger charge is 2.24. The van der Waals surface area contributed by atoms with E-state index in [1.165, 1.54) is 5.56 Å². The van der Waals surface area contributed by atoms with Gasteiger partial charge in [0.15, 0.2) is 5.13 Å². The number of benzene rings is 3. The summed E-state index contributed by atoms with van der Waals surface area (Å²) in [4.78, 5) is 24.9. The van der Waals surface area contributed by atoms with Crippen molar-refractivity contribution in [1.29, 1.82) is 0 Å². The third kappa shape index (κ3) is 3.76. The van der Waals surface area contributed by atoms with E-state index in [1.807, 2.05) is 54.6 Å². The van der Waals surface area contributed by atoms with Crippen LogP contribution in [0, 0.1) is 0 Å². The van der Waals surface area contributed by atoms with Crippen LogP contribution in [0.4, 0.5) is 5.13 Å². The maximum absolute atomic E-state index is 13.9. The molecule has 0 spiro atoms. The summed E-state index contributed by atoms with van der Waals surface area (Å²) in [7, 11) is 0. The second kappa shape index (κ2) is 8.52. The zero-order chi connectivity index (χ0) is 22.1. The number of nitrogens with zero attached hydrogens (tertiary/aromatic N) is 3. The quantitative estimate of drug-likeness (QED) is 0.303. The molecule has 5 rings (SSSR count). The normalized spacial score (nSPS) is 11.3. The number of hydrogen-bond donors (Lipinski definition) is 0. The first-order valence-corrected chi connectivity index (χ1v) is 11.5. The van der Waals surface area contributed by atoms with Crippen LogP contribution in [-0.4, -0.2) is 15.9 Å². The lowest BCUT2D eigenvalue weighted by Gasteiger charge is -2.21. The number of para-hydroxylation sites is 1. The topological polar surface area (TPSA) is 46.1 Å². The Labute approximate surface area is 191 Å². The summed E-state index contributed by atoms with van der Waals surface area (Å²) >= 11 is 1.56. The van der Waals surface area contributed by atoms with Crippen LogP contribution in [0.25, 0.3) is 21.0 Å². The van der Waals surface area contributed by atoms with Crippen LogP contribution in [0.2, 0.25) is 0 Å². The van der Waals surface area contributed by atoms with E-state index in [2.05, 4.69) is 37.0 Å². The van der Waals surface area contributed by atoms with E-state index in [1.54, 1.807) is 28.6 Å². The molecule has 4 nitrogen and oxygen atoms in total. The van der Waals surface area contributed by atoms with E-state index < -0.39 is 0 Å². The molecule has 5 aromatic rings. The maximum atomic E-state index is 13.9. The molecule has 3 aromatic carbocycles. The molecule has 2 aromatic heterocycles. The summed E-state index contributed by atoms with van der Waals surface area (Å²) in [5.74, 6) is 0.296. The zero-order valence-corrected chi connectivity index (χ0v) is 18.8.